The predicted octanol–water partition coefficient (Wildman–Crippen LogP) is 3.17. The highest BCUT2D eigenvalue weighted by atomic mass is 19.1. The average molecular weight is 245 g/mol. The molecule has 94 valence electrons. The number of anilines is 1. The SMILES string of the molecule is Nc1cccc(F)c1CCOCc1ccccc1. The van der Waals surface area contributed by atoms with Crippen molar-refractivity contribution in [2.45, 2.75) is 13.0 Å². The standard InChI is InChI=1S/C15H16FNO/c16-14-7-4-8-15(17)13(14)9-10-18-11-12-5-2-1-3-6-12/h1-8H,9-11,17H2. The van der Waals surface area contributed by atoms with Gasteiger partial charge in [-0.1, -0.05) is 36.4 Å². The van der Waals surface area contributed by atoms with Gasteiger partial charge in [-0.15, -0.1) is 0 Å². The molecule has 0 saturated heterocycles. The van der Waals surface area contributed by atoms with Crippen molar-refractivity contribution < 1.29 is 9.13 Å². The Morgan fingerprint density at radius 3 is 2.50 bits per heavy atom. The van der Waals surface area contributed by atoms with Crippen LogP contribution in [-0.2, 0) is 17.8 Å². The smallest absolute Gasteiger partial charge is 0.128 e. The van der Waals surface area contributed by atoms with Crippen LogP contribution in [0.5, 0.6) is 0 Å². The first kappa shape index (κ1) is 12.6. The van der Waals surface area contributed by atoms with Gasteiger partial charge in [-0.25, -0.2) is 4.39 Å². The number of ether oxygens (including phenoxy) is 1. The Kier molecular flexibility index (Phi) is 4.31. The fourth-order valence-corrected chi connectivity index (χ4v) is 1.78. The molecular weight excluding hydrogens is 229 g/mol. The summed E-state index contributed by atoms with van der Waals surface area (Å²) in [5.41, 5.74) is 7.85. The average Bonchev–Trinajstić information content (AvgIpc) is 2.38. The van der Waals surface area contributed by atoms with Gasteiger partial charge in [0.15, 0.2) is 0 Å². The van der Waals surface area contributed by atoms with Crippen molar-refractivity contribution in [3.63, 3.8) is 0 Å². The number of nitrogen functional groups attached to an aromatic ring is 1. The lowest BCUT2D eigenvalue weighted by molar-refractivity contribution is 0.123. The van der Waals surface area contributed by atoms with Gasteiger partial charge in [-0.2, -0.15) is 0 Å². The molecule has 0 fully saturated rings. The molecule has 0 amide bonds. The van der Waals surface area contributed by atoms with E-state index in [-0.39, 0.29) is 5.82 Å². The van der Waals surface area contributed by atoms with Crippen LogP contribution in [0.4, 0.5) is 10.1 Å². The van der Waals surface area contributed by atoms with Gasteiger partial charge >= 0.3 is 0 Å². The second-order valence-electron chi connectivity index (χ2n) is 4.10. The van der Waals surface area contributed by atoms with E-state index < -0.39 is 0 Å². The Morgan fingerprint density at radius 1 is 1.00 bits per heavy atom. The Labute approximate surface area is 106 Å². The van der Waals surface area contributed by atoms with Gasteiger partial charge in [0.25, 0.3) is 0 Å². The lowest BCUT2D eigenvalue weighted by Crippen LogP contribution is -2.04. The summed E-state index contributed by atoms with van der Waals surface area (Å²) in [6.07, 6.45) is 0.491. The number of benzene rings is 2. The largest absolute Gasteiger partial charge is 0.398 e. The van der Waals surface area contributed by atoms with E-state index in [4.69, 9.17) is 10.5 Å². The fourth-order valence-electron chi connectivity index (χ4n) is 1.78. The monoisotopic (exact) mass is 245 g/mol. The van der Waals surface area contributed by atoms with Crippen LogP contribution in [0, 0.1) is 5.82 Å². The molecule has 0 heterocycles. The van der Waals surface area contributed by atoms with Gasteiger partial charge < -0.3 is 10.5 Å². The first-order valence-electron chi connectivity index (χ1n) is 5.92. The molecule has 0 aromatic heterocycles. The van der Waals surface area contributed by atoms with Gasteiger partial charge in [0.2, 0.25) is 0 Å². The number of rotatable bonds is 5. The molecule has 0 saturated carbocycles. The maximum Gasteiger partial charge on any atom is 0.128 e. The quantitative estimate of drug-likeness (QED) is 0.648. The molecule has 2 aromatic rings. The van der Waals surface area contributed by atoms with Crippen LogP contribution < -0.4 is 5.73 Å². The lowest BCUT2D eigenvalue weighted by atomic mass is 10.1. The normalized spacial score (nSPS) is 10.5. The van der Waals surface area contributed by atoms with Gasteiger partial charge in [-0.05, 0) is 17.7 Å². The summed E-state index contributed by atoms with van der Waals surface area (Å²) in [6, 6.07) is 14.6. The minimum absolute atomic E-state index is 0.265. The van der Waals surface area contributed by atoms with Crippen LogP contribution >= 0.6 is 0 Å². The Bertz CT molecular complexity index is 479. The molecular formula is C15H16FNO. The maximum atomic E-state index is 13.5. The van der Waals surface area contributed by atoms with E-state index in [1.54, 1.807) is 12.1 Å². The molecule has 0 atom stereocenters. The first-order chi connectivity index (χ1) is 8.77. The molecule has 18 heavy (non-hydrogen) atoms. The molecule has 0 aliphatic carbocycles. The van der Waals surface area contributed by atoms with Gasteiger partial charge in [0.05, 0.1) is 13.2 Å². The van der Waals surface area contributed by atoms with E-state index in [9.17, 15) is 4.39 Å². The lowest BCUT2D eigenvalue weighted by Gasteiger charge is -2.08. The maximum absolute atomic E-state index is 13.5. The molecule has 0 aliphatic heterocycles. The van der Waals surface area contributed by atoms with Crippen molar-refractivity contribution >= 4 is 5.69 Å². The minimum atomic E-state index is -0.265. The van der Waals surface area contributed by atoms with Crippen LogP contribution in [0.15, 0.2) is 48.5 Å². The van der Waals surface area contributed by atoms with E-state index in [1.807, 2.05) is 30.3 Å². The summed E-state index contributed by atoms with van der Waals surface area (Å²) >= 11 is 0. The number of nitrogens with two attached hydrogens (primary N) is 1. The van der Waals surface area contributed by atoms with Crippen LogP contribution in [0.3, 0.4) is 0 Å². The Balaban J connectivity index is 1.82. The third-order valence-electron chi connectivity index (χ3n) is 2.76. The molecule has 2 N–H and O–H groups in total. The Hall–Kier alpha value is -1.87. The van der Waals surface area contributed by atoms with Gasteiger partial charge in [0.1, 0.15) is 5.82 Å². The summed E-state index contributed by atoms with van der Waals surface area (Å²) in [5.74, 6) is -0.265. The summed E-state index contributed by atoms with van der Waals surface area (Å²) in [5, 5.41) is 0. The number of hydrogen-bond donors (Lipinski definition) is 1. The van der Waals surface area contributed by atoms with Gasteiger partial charge in [0, 0.05) is 17.7 Å². The Morgan fingerprint density at radius 2 is 1.78 bits per heavy atom. The molecule has 2 nitrogen and oxygen atoms in total. The van der Waals surface area contributed by atoms with Gasteiger partial charge in [-0.3, -0.25) is 0 Å². The zero-order valence-electron chi connectivity index (χ0n) is 10.1. The van der Waals surface area contributed by atoms with Crippen LogP contribution in [0.2, 0.25) is 0 Å². The van der Waals surface area contributed by atoms with E-state index >= 15 is 0 Å². The van der Waals surface area contributed by atoms with Crippen molar-refractivity contribution in [1.29, 1.82) is 0 Å². The van der Waals surface area contributed by atoms with E-state index in [1.165, 1.54) is 6.07 Å². The van der Waals surface area contributed by atoms with Crippen molar-refractivity contribution in [3.8, 4) is 0 Å². The molecule has 0 bridgehead atoms. The first-order valence-corrected chi connectivity index (χ1v) is 5.92. The summed E-state index contributed by atoms with van der Waals surface area (Å²) < 4.78 is 19.0. The summed E-state index contributed by atoms with van der Waals surface area (Å²) in [4.78, 5) is 0. The molecule has 0 unspecified atom stereocenters. The second-order valence-corrected chi connectivity index (χ2v) is 4.10. The van der Waals surface area contributed by atoms with Crippen LogP contribution in [0.25, 0.3) is 0 Å². The van der Waals surface area contributed by atoms with E-state index in [0.717, 1.165) is 5.56 Å². The highest BCUT2D eigenvalue weighted by Crippen LogP contribution is 2.16. The highest BCUT2D eigenvalue weighted by Gasteiger charge is 2.05. The topological polar surface area (TPSA) is 35.2 Å². The van der Waals surface area contributed by atoms with Crippen LogP contribution in [-0.4, -0.2) is 6.61 Å². The molecule has 2 rings (SSSR count). The summed E-state index contributed by atoms with van der Waals surface area (Å²) in [6.45, 7) is 0.995. The van der Waals surface area contributed by atoms with Crippen LogP contribution in [0.1, 0.15) is 11.1 Å². The second kappa shape index (κ2) is 6.17. The van der Waals surface area contributed by atoms with Crippen molar-refractivity contribution in [1.82, 2.24) is 0 Å². The molecule has 0 spiro atoms. The molecule has 0 radical (unpaired) electrons. The van der Waals surface area contributed by atoms with E-state index in [0.29, 0.717) is 30.9 Å². The van der Waals surface area contributed by atoms with Crippen molar-refractivity contribution in [2.75, 3.05) is 12.3 Å². The molecule has 2 aromatic carbocycles. The number of halogens is 1. The number of hydrogen-bond acceptors (Lipinski definition) is 2. The fraction of sp³-hybridized carbons (Fsp3) is 0.200. The van der Waals surface area contributed by atoms with Crippen molar-refractivity contribution in [2.24, 2.45) is 0 Å². The predicted molar refractivity (Wildman–Crippen MR) is 70.6 cm³/mol. The summed E-state index contributed by atoms with van der Waals surface area (Å²) in [7, 11) is 0. The molecule has 0 aliphatic rings. The third kappa shape index (κ3) is 3.31. The van der Waals surface area contributed by atoms with E-state index in [2.05, 4.69) is 0 Å². The zero-order valence-corrected chi connectivity index (χ0v) is 10.1. The minimum Gasteiger partial charge on any atom is -0.398 e. The zero-order chi connectivity index (χ0) is 12.8. The molecule has 3 heteroatoms. The third-order valence-corrected chi connectivity index (χ3v) is 2.76. The van der Waals surface area contributed by atoms with Crippen molar-refractivity contribution in [3.05, 3.63) is 65.5 Å². The highest BCUT2D eigenvalue weighted by molar-refractivity contribution is 5.47.